The van der Waals surface area contributed by atoms with Gasteiger partial charge in [0.2, 0.25) is 0 Å². The van der Waals surface area contributed by atoms with Crippen molar-refractivity contribution in [1.82, 2.24) is 5.01 Å². The van der Waals surface area contributed by atoms with Crippen LogP contribution in [-0.4, -0.2) is 50.4 Å². The van der Waals surface area contributed by atoms with E-state index in [4.69, 9.17) is 20.1 Å². The second-order valence-corrected chi connectivity index (χ2v) is 6.85. The van der Waals surface area contributed by atoms with Crippen molar-refractivity contribution >= 4 is 18.2 Å². The Morgan fingerprint density at radius 2 is 1.57 bits per heavy atom. The van der Waals surface area contributed by atoms with Crippen LogP contribution in [0.2, 0.25) is 0 Å². The smallest absolute Gasteiger partial charge is 0.145 e. The van der Waals surface area contributed by atoms with E-state index in [0.717, 1.165) is 47.8 Å². The van der Waals surface area contributed by atoms with Gasteiger partial charge in [0.25, 0.3) is 0 Å². The highest BCUT2D eigenvalue weighted by Crippen LogP contribution is 2.27. The van der Waals surface area contributed by atoms with Gasteiger partial charge in [-0.2, -0.15) is 0 Å². The number of nitrogens with zero attached hydrogens (tertiary/aromatic N) is 2. The standard InChI is InChI=1S/C23H31N3O3.ClH/c1-3-27-15-16-28-17-18-5-7-19(8-6-18)22(29-4-2)20-9-11-21(12-10-20)23-25-13-14-26(23)24;/h5-12,22H,3-4,13-17,24H2,1-2H3;1H. The number of benzene rings is 2. The van der Waals surface area contributed by atoms with Crippen molar-refractivity contribution < 1.29 is 14.2 Å². The van der Waals surface area contributed by atoms with Gasteiger partial charge in [-0.3, -0.25) is 10.0 Å². The van der Waals surface area contributed by atoms with Gasteiger partial charge in [0, 0.05) is 18.8 Å². The van der Waals surface area contributed by atoms with Crippen LogP contribution in [0, 0.1) is 0 Å². The summed E-state index contributed by atoms with van der Waals surface area (Å²) < 4.78 is 17.0. The predicted molar refractivity (Wildman–Crippen MR) is 122 cm³/mol. The molecule has 0 aromatic heterocycles. The summed E-state index contributed by atoms with van der Waals surface area (Å²) >= 11 is 0. The third-order valence-corrected chi connectivity index (χ3v) is 4.81. The van der Waals surface area contributed by atoms with E-state index in [-0.39, 0.29) is 18.5 Å². The van der Waals surface area contributed by atoms with Crippen LogP contribution >= 0.6 is 12.4 Å². The Hall–Kier alpha value is -1.96. The van der Waals surface area contributed by atoms with Crippen LogP contribution in [0.5, 0.6) is 0 Å². The van der Waals surface area contributed by atoms with Crippen LogP contribution in [0.4, 0.5) is 0 Å². The van der Waals surface area contributed by atoms with Gasteiger partial charge >= 0.3 is 0 Å². The quantitative estimate of drug-likeness (QED) is 0.432. The lowest BCUT2D eigenvalue weighted by molar-refractivity contribution is 0.0452. The first kappa shape index (κ1) is 24.3. The predicted octanol–water partition coefficient (Wildman–Crippen LogP) is 3.72. The maximum Gasteiger partial charge on any atom is 0.145 e. The van der Waals surface area contributed by atoms with Crippen LogP contribution in [0.25, 0.3) is 0 Å². The Kier molecular flexibility index (Phi) is 10.3. The van der Waals surface area contributed by atoms with E-state index in [1.165, 1.54) is 0 Å². The van der Waals surface area contributed by atoms with E-state index in [0.29, 0.717) is 26.4 Å². The second-order valence-electron chi connectivity index (χ2n) is 6.85. The highest BCUT2D eigenvalue weighted by molar-refractivity contribution is 5.99. The lowest BCUT2D eigenvalue weighted by atomic mass is 9.99. The molecule has 3 rings (SSSR count). The number of ether oxygens (including phenoxy) is 3. The van der Waals surface area contributed by atoms with Crippen LogP contribution in [-0.2, 0) is 20.8 Å². The molecule has 0 aliphatic carbocycles. The summed E-state index contributed by atoms with van der Waals surface area (Å²) in [6.45, 7) is 8.68. The van der Waals surface area contributed by atoms with E-state index in [1.807, 2.05) is 13.8 Å². The van der Waals surface area contributed by atoms with Crippen molar-refractivity contribution in [3.05, 3.63) is 70.8 Å². The summed E-state index contributed by atoms with van der Waals surface area (Å²) in [5.74, 6) is 6.83. The Bertz CT molecular complexity index is 781. The van der Waals surface area contributed by atoms with E-state index in [2.05, 4.69) is 53.5 Å². The molecule has 30 heavy (non-hydrogen) atoms. The molecule has 1 aliphatic rings. The van der Waals surface area contributed by atoms with Gasteiger partial charge < -0.3 is 14.2 Å². The molecule has 0 fully saturated rings. The van der Waals surface area contributed by atoms with Gasteiger partial charge in [0.05, 0.1) is 32.9 Å². The first-order valence-electron chi connectivity index (χ1n) is 10.3. The number of aliphatic imine (C=N–C) groups is 1. The second kappa shape index (κ2) is 12.7. The zero-order chi connectivity index (χ0) is 20.5. The van der Waals surface area contributed by atoms with Gasteiger partial charge in [0.1, 0.15) is 11.9 Å². The first-order valence-corrected chi connectivity index (χ1v) is 10.3. The fourth-order valence-electron chi connectivity index (χ4n) is 3.32. The fraction of sp³-hybridized carbons (Fsp3) is 0.435. The number of hydrazine groups is 1. The average molecular weight is 434 g/mol. The first-order chi connectivity index (χ1) is 14.2. The molecule has 7 heteroatoms. The molecule has 164 valence electrons. The van der Waals surface area contributed by atoms with Gasteiger partial charge in [-0.15, -0.1) is 12.4 Å². The largest absolute Gasteiger partial charge is 0.379 e. The van der Waals surface area contributed by atoms with Gasteiger partial charge in [0.15, 0.2) is 0 Å². The summed E-state index contributed by atoms with van der Waals surface area (Å²) in [6.07, 6.45) is -0.110. The summed E-state index contributed by atoms with van der Waals surface area (Å²) in [4.78, 5) is 4.47. The molecular weight excluding hydrogens is 402 g/mol. The molecule has 0 amide bonds. The van der Waals surface area contributed by atoms with Gasteiger partial charge in [-0.05, 0) is 30.5 Å². The highest BCUT2D eigenvalue weighted by Gasteiger charge is 2.18. The van der Waals surface area contributed by atoms with Crippen molar-refractivity contribution in [2.45, 2.75) is 26.6 Å². The maximum atomic E-state index is 6.05. The number of hydrogen-bond acceptors (Lipinski definition) is 6. The molecule has 6 nitrogen and oxygen atoms in total. The number of rotatable bonds is 11. The van der Waals surface area contributed by atoms with E-state index >= 15 is 0 Å². The van der Waals surface area contributed by atoms with Gasteiger partial charge in [-0.1, -0.05) is 48.5 Å². The molecule has 0 saturated heterocycles. The molecule has 0 radical (unpaired) electrons. The van der Waals surface area contributed by atoms with Gasteiger partial charge in [-0.25, -0.2) is 5.84 Å². The minimum atomic E-state index is -0.110. The van der Waals surface area contributed by atoms with Crippen LogP contribution in [0.1, 0.15) is 42.2 Å². The molecule has 1 heterocycles. The minimum absolute atomic E-state index is 0. The molecule has 1 aliphatic heterocycles. The fourth-order valence-corrected chi connectivity index (χ4v) is 3.32. The molecular formula is C23H32ClN3O3. The lowest BCUT2D eigenvalue weighted by Gasteiger charge is -2.19. The third kappa shape index (κ3) is 6.52. The molecule has 0 spiro atoms. The zero-order valence-corrected chi connectivity index (χ0v) is 18.6. The maximum absolute atomic E-state index is 6.05. The molecule has 2 N–H and O–H groups in total. The number of nitrogens with two attached hydrogens (primary N) is 1. The highest BCUT2D eigenvalue weighted by atomic mass is 35.5. The lowest BCUT2D eigenvalue weighted by Crippen LogP contribution is -2.34. The number of halogens is 1. The van der Waals surface area contributed by atoms with Crippen molar-refractivity contribution in [2.75, 3.05) is 39.5 Å². The summed E-state index contributed by atoms with van der Waals surface area (Å²) in [5, 5.41) is 1.70. The van der Waals surface area contributed by atoms with Crippen molar-refractivity contribution in [3.63, 3.8) is 0 Å². The Labute approximate surface area is 185 Å². The zero-order valence-electron chi connectivity index (χ0n) is 17.8. The molecule has 0 bridgehead atoms. The van der Waals surface area contributed by atoms with E-state index in [9.17, 15) is 0 Å². The number of amidine groups is 1. The number of hydrogen-bond donors (Lipinski definition) is 1. The summed E-state index contributed by atoms with van der Waals surface area (Å²) in [5.41, 5.74) is 4.40. The minimum Gasteiger partial charge on any atom is -0.379 e. The van der Waals surface area contributed by atoms with E-state index in [1.54, 1.807) is 5.01 Å². The average Bonchev–Trinajstić information content (AvgIpc) is 3.18. The Morgan fingerprint density at radius 1 is 0.933 bits per heavy atom. The van der Waals surface area contributed by atoms with Crippen LogP contribution in [0.3, 0.4) is 0 Å². The van der Waals surface area contributed by atoms with Crippen molar-refractivity contribution in [3.8, 4) is 0 Å². The molecule has 0 saturated carbocycles. The van der Waals surface area contributed by atoms with Crippen molar-refractivity contribution in [1.29, 1.82) is 0 Å². The van der Waals surface area contributed by atoms with Crippen LogP contribution < -0.4 is 5.84 Å². The van der Waals surface area contributed by atoms with Crippen LogP contribution in [0.15, 0.2) is 53.5 Å². The Balaban J connectivity index is 0.00000320. The third-order valence-electron chi connectivity index (χ3n) is 4.81. The van der Waals surface area contributed by atoms with E-state index < -0.39 is 0 Å². The molecule has 1 atom stereocenters. The summed E-state index contributed by atoms with van der Waals surface area (Å²) in [7, 11) is 0. The molecule has 1 unspecified atom stereocenters. The van der Waals surface area contributed by atoms with Crippen molar-refractivity contribution in [2.24, 2.45) is 10.8 Å². The summed E-state index contributed by atoms with van der Waals surface area (Å²) in [6, 6.07) is 16.7. The SMILES string of the molecule is CCOCCOCc1ccc(C(OCC)c2ccc(C3=NCCN3N)cc2)cc1.Cl. The Morgan fingerprint density at radius 3 is 2.13 bits per heavy atom. The monoisotopic (exact) mass is 433 g/mol. The normalized spacial score (nSPS) is 14.4. The molecule has 2 aromatic rings. The molecule has 2 aromatic carbocycles. The topological polar surface area (TPSA) is 69.3 Å².